The molecule has 0 heterocycles. The van der Waals surface area contributed by atoms with Crippen molar-refractivity contribution in [3.8, 4) is 0 Å². The first kappa shape index (κ1) is 22.4. The zero-order valence-electron chi connectivity index (χ0n) is 14.7. The fourth-order valence-corrected chi connectivity index (χ4v) is 1.92. The van der Waals surface area contributed by atoms with Crippen molar-refractivity contribution >= 4 is 35.8 Å². The molecule has 0 aliphatic heterocycles. The maximum atomic E-state index is 11.6. The molecule has 1 aliphatic carbocycles. The van der Waals surface area contributed by atoms with Crippen molar-refractivity contribution in [2.24, 2.45) is 10.9 Å². The molecule has 3 N–H and O–H groups in total. The molecule has 136 valence electrons. The predicted octanol–water partition coefficient (Wildman–Crippen LogP) is 1.89. The molecule has 7 heteroatoms. The molecule has 1 saturated carbocycles. The third-order valence-electron chi connectivity index (χ3n) is 3.21. The Labute approximate surface area is 157 Å². The summed E-state index contributed by atoms with van der Waals surface area (Å²) in [5, 5.41) is 9.24. The van der Waals surface area contributed by atoms with E-state index in [9.17, 15) is 4.79 Å². The normalized spacial score (nSPS) is 14.3. The minimum absolute atomic E-state index is 0. The summed E-state index contributed by atoms with van der Waals surface area (Å²) < 4.78 is 5.59. The summed E-state index contributed by atoms with van der Waals surface area (Å²) in [5.41, 5.74) is 0. The van der Waals surface area contributed by atoms with Gasteiger partial charge in [0.1, 0.15) is 0 Å². The van der Waals surface area contributed by atoms with Gasteiger partial charge in [-0.05, 0) is 46.0 Å². The predicted molar refractivity (Wildman–Crippen MR) is 105 cm³/mol. The van der Waals surface area contributed by atoms with Crippen molar-refractivity contribution < 1.29 is 9.53 Å². The summed E-state index contributed by atoms with van der Waals surface area (Å²) in [6.07, 6.45) is 4.04. The van der Waals surface area contributed by atoms with Crippen molar-refractivity contribution in [3.05, 3.63) is 0 Å². The lowest BCUT2D eigenvalue weighted by molar-refractivity contribution is -0.121. The van der Waals surface area contributed by atoms with Gasteiger partial charge in [-0.15, -0.1) is 24.0 Å². The van der Waals surface area contributed by atoms with Gasteiger partial charge in [0.15, 0.2) is 5.96 Å². The number of nitrogens with one attached hydrogen (secondary N) is 3. The zero-order valence-corrected chi connectivity index (χ0v) is 17.0. The molecule has 0 spiro atoms. The summed E-state index contributed by atoms with van der Waals surface area (Å²) in [4.78, 5) is 16.0. The van der Waals surface area contributed by atoms with Crippen LogP contribution in [-0.2, 0) is 9.53 Å². The molecule has 1 rings (SSSR count). The van der Waals surface area contributed by atoms with Gasteiger partial charge in [0.05, 0.1) is 0 Å². The van der Waals surface area contributed by atoms with Gasteiger partial charge in [-0.25, -0.2) is 0 Å². The van der Waals surface area contributed by atoms with Gasteiger partial charge in [-0.1, -0.05) is 0 Å². The van der Waals surface area contributed by atoms with E-state index in [0.717, 1.165) is 44.6 Å². The number of hydrogen-bond acceptors (Lipinski definition) is 3. The van der Waals surface area contributed by atoms with E-state index in [1.807, 2.05) is 20.8 Å². The molecule has 0 aromatic heterocycles. The van der Waals surface area contributed by atoms with E-state index in [1.54, 1.807) is 0 Å². The first-order valence-corrected chi connectivity index (χ1v) is 8.51. The summed E-state index contributed by atoms with van der Waals surface area (Å²) in [6, 6.07) is 0.185. The van der Waals surface area contributed by atoms with Crippen LogP contribution >= 0.6 is 24.0 Å². The average Bonchev–Trinajstić information content (AvgIpc) is 3.25. The second-order valence-corrected chi connectivity index (χ2v) is 6.03. The third-order valence-corrected chi connectivity index (χ3v) is 3.21. The van der Waals surface area contributed by atoms with Crippen LogP contribution in [0.25, 0.3) is 0 Å². The molecular weight excluding hydrogens is 407 g/mol. The molecule has 1 fully saturated rings. The van der Waals surface area contributed by atoms with E-state index >= 15 is 0 Å². The SMILES string of the molecule is CCNC(=NCCCOCC1CC1)NCCC(=O)NC(C)C.I. The van der Waals surface area contributed by atoms with Crippen LogP contribution < -0.4 is 16.0 Å². The smallest absolute Gasteiger partial charge is 0.221 e. The fourth-order valence-electron chi connectivity index (χ4n) is 1.92. The van der Waals surface area contributed by atoms with Crippen molar-refractivity contribution in [3.63, 3.8) is 0 Å². The first-order valence-electron chi connectivity index (χ1n) is 8.51. The molecule has 0 unspecified atom stereocenters. The topological polar surface area (TPSA) is 74.8 Å². The minimum Gasteiger partial charge on any atom is -0.381 e. The highest BCUT2D eigenvalue weighted by Crippen LogP contribution is 2.28. The van der Waals surface area contributed by atoms with Gasteiger partial charge >= 0.3 is 0 Å². The molecule has 1 aliphatic rings. The number of carbonyl (C=O) groups excluding carboxylic acids is 1. The Balaban J connectivity index is 0.00000484. The Hall–Kier alpha value is -0.570. The van der Waals surface area contributed by atoms with Crippen LogP contribution in [0.2, 0.25) is 0 Å². The summed E-state index contributed by atoms with van der Waals surface area (Å²) in [7, 11) is 0. The number of amides is 1. The molecule has 0 saturated heterocycles. The average molecular weight is 440 g/mol. The summed E-state index contributed by atoms with van der Waals surface area (Å²) >= 11 is 0. The maximum Gasteiger partial charge on any atom is 0.221 e. The van der Waals surface area contributed by atoms with Gasteiger partial charge in [-0.3, -0.25) is 9.79 Å². The Morgan fingerprint density at radius 1 is 1.30 bits per heavy atom. The Morgan fingerprint density at radius 2 is 2.04 bits per heavy atom. The lowest BCUT2D eigenvalue weighted by atomic mass is 10.3. The highest BCUT2D eigenvalue weighted by atomic mass is 127. The van der Waals surface area contributed by atoms with E-state index in [2.05, 4.69) is 20.9 Å². The monoisotopic (exact) mass is 440 g/mol. The van der Waals surface area contributed by atoms with E-state index in [0.29, 0.717) is 13.0 Å². The molecule has 0 atom stereocenters. The van der Waals surface area contributed by atoms with Crippen LogP contribution in [0.5, 0.6) is 0 Å². The molecular formula is C16H33IN4O2. The molecule has 1 amide bonds. The van der Waals surface area contributed by atoms with Gasteiger partial charge in [0.25, 0.3) is 0 Å². The van der Waals surface area contributed by atoms with Crippen LogP contribution in [-0.4, -0.2) is 50.8 Å². The van der Waals surface area contributed by atoms with Gasteiger partial charge in [0.2, 0.25) is 5.91 Å². The number of carbonyl (C=O) groups is 1. The molecule has 23 heavy (non-hydrogen) atoms. The Morgan fingerprint density at radius 3 is 2.65 bits per heavy atom. The van der Waals surface area contributed by atoms with Crippen LogP contribution in [0.3, 0.4) is 0 Å². The third kappa shape index (κ3) is 13.6. The number of rotatable bonds is 11. The molecule has 0 aromatic carbocycles. The van der Waals surface area contributed by atoms with Crippen LogP contribution in [0.1, 0.15) is 46.5 Å². The summed E-state index contributed by atoms with van der Waals surface area (Å²) in [5.74, 6) is 1.65. The first-order chi connectivity index (χ1) is 10.6. The van der Waals surface area contributed by atoms with E-state index in [4.69, 9.17) is 4.74 Å². The van der Waals surface area contributed by atoms with Gasteiger partial charge in [-0.2, -0.15) is 0 Å². The number of guanidine groups is 1. The molecule has 0 aromatic rings. The van der Waals surface area contributed by atoms with Gasteiger partial charge in [0, 0.05) is 45.3 Å². The van der Waals surface area contributed by atoms with Crippen molar-refractivity contribution in [2.75, 3.05) is 32.8 Å². The lowest BCUT2D eigenvalue weighted by Crippen LogP contribution is -2.40. The van der Waals surface area contributed by atoms with Crippen molar-refractivity contribution in [2.45, 2.75) is 52.5 Å². The van der Waals surface area contributed by atoms with E-state index < -0.39 is 0 Å². The number of ether oxygens (including phenoxy) is 1. The van der Waals surface area contributed by atoms with Crippen LogP contribution in [0, 0.1) is 5.92 Å². The minimum atomic E-state index is 0. The van der Waals surface area contributed by atoms with E-state index in [1.165, 1.54) is 12.8 Å². The van der Waals surface area contributed by atoms with Gasteiger partial charge < -0.3 is 20.7 Å². The Kier molecular flexibility index (Phi) is 13.5. The van der Waals surface area contributed by atoms with Crippen LogP contribution in [0.15, 0.2) is 4.99 Å². The number of nitrogens with zero attached hydrogens (tertiary/aromatic N) is 1. The quantitative estimate of drug-likeness (QED) is 0.199. The molecule has 0 bridgehead atoms. The van der Waals surface area contributed by atoms with Crippen LogP contribution in [0.4, 0.5) is 0 Å². The second-order valence-electron chi connectivity index (χ2n) is 6.03. The lowest BCUT2D eigenvalue weighted by Gasteiger charge is -2.12. The standard InChI is InChI=1S/C16H32N4O2.HI/c1-4-17-16(19-10-8-15(21)20-13(2)3)18-9-5-11-22-12-14-6-7-14;/h13-14H,4-12H2,1-3H3,(H,20,21)(H2,17,18,19);1H. The number of hydrogen-bond donors (Lipinski definition) is 3. The van der Waals surface area contributed by atoms with Crippen molar-refractivity contribution in [1.29, 1.82) is 0 Å². The maximum absolute atomic E-state index is 11.6. The van der Waals surface area contributed by atoms with E-state index in [-0.39, 0.29) is 35.9 Å². The molecule has 6 nitrogen and oxygen atoms in total. The zero-order chi connectivity index (χ0) is 16.2. The fraction of sp³-hybridized carbons (Fsp3) is 0.875. The Bertz CT molecular complexity index is 347. The second kappa shape index (κ2) is 13.8. The number of halogens is 1. The largest absolute Gasteiger partial charge is 0.381 e. The summed E-state index contributed by atoms with van der Waals surface area (Å²) in [6.45, 7) is 9.76. The highest BCUT2D eigenvalue weighted by Gasteiger charge is 2.20. The molecule has 0 radical (unpaired) electrons. The van der Waals surface area contributed by atoms with Crippen molar-refractivity contribution in [1.82, 2.24) is 16.0 Å². The number of aliphatic imine (C=N–C) groups is 1. The highest BCUT2D eigenvalue weighted by molar-refractivity contribution is 14.0.